The zero-order chi connectivity index (χ0) is 24.1. The van der Waals surface area contributed by atoms with Crippen LogP contribution in [0.15, 0.2) is 36.5 Å². The van der Waals surface area contributed by atoms with Crippen LogP contribution in [0, 0.1) is 5.92 Å². The summed E-state index contributed by atoms with van der Waals surface area (Å²) in [5.74, 6) is -4.00. The minimum absolute atomic E-state index is 0.0762. The number of anilines is 1. The number of carbonyl (C=O) groups is 3. The van der Waals surface area contributed by atoms with E-state index >= 15 is 0 Å². The van der Waals surface area contributed by atoms with Gasteiger partial charge in [0, 0.05) is 29.4 Å². The number of rotatable bonds is 1. The van der Waals surface area contributed by atoms with E-state index in [2.05, 4.69) is 10.3 Å². The third kappa shape index (κ3) is 6.51. The Morgan fingerprint density at radius 3 is 2.41 bits per heavy atom. The highest BCUT2D eigenvalue weighted by Crippen LogP contribution is 2.32. The summed E-state index contributed by atoms with van der Waals surface area (Å²) in [6.45, 7) is 1.88. The molecule has 172 valence electrons. The average Bonchev–Trinajstić information content (AvgIpc) is 2.72. The average molecular weight is 453 g/mol. The standard InChI is InChI=1S/C19H21N3O3.C2HF3O2/c1-11-3-2-4-15(20)17-10-12(7-8-21-17)14-9-13(19(24)25)5-6-16(14)22-18(11)23;3-2(4,5)1(6)7/h5-11,15H,2-4,20H2,1H3,(H,22,23)(H,24,25);(H,6,7)/t11-,15+;/m1./s1. The quantitative estimate of drug-likeness (QED) is 0.514. The molecule has 1 amide bonds. The summed E-state index contributed by atoms with van der Waals surface area (Å²) >= 11 is 0. The largest absolute Gasteiger partial charge is 0.490 e. The Hall–Kier alpha value is -3.47. The number of hydrogen-bond acceptors (Lipinski definition) is 5. The van der Waals surface area contributed by atoms with Crippen molar-refractivity contribution in [3.8, 4) is 11.1 Å². The molecule has 32 heavy (non-hydrogen) atoms. The van der Waals surface area contributed by atoms with Gasteiger partial charge in [0.1, 0.15) is 0 Å². The van der Waals surface area contributed by atoms with Crippen molar-refractivity contribution in [3.05, 3.63) is 47.8 Å². The fraction of sp³-hybridized carbons (Fsp3) is 0.333. The molecule has 0 saturated heterocycles. The number of carboxylic acid groups (broad SMARTS) is 2. The van der Waals surface area contributed by atoms with Crippen molar-refractivity contribution in [2.24, 2.45) is 11.7 Å². The van der Waals surface area contributed by atoms with E-state index in [9.17, 15) is 27.9 Å². The van der Waals surface area contributed by atoms with Crippen LogP contribution in [-0.2, 0) is 9.59 Å². The highest BCUT2D eigenvalue weighted by Gasteiger charge is 2.38. The Morgan fingerprint density at radius 1 is 1.16 bits per heavy atom. The van der Waals surface area contributed by atoms with E-state index in [1.165, 1.54) is 6.07 Å². The number of hydrogen-bond donors (Lipinski definition) is 4. The van der Waals surface area contributed by atoms with E-state index in [4.69, 9.17) is 15.6 Å². The number of aliphatic carboxylic acids is 1. The number of halogens is 3. The lowest BCUT2D eigenvalue weighted by molar-refractivity contribution is -0.192. The van der Waals surface area contributed by atoms with Crippen molar-refractivity contribution in [2.45, 2.75) is 38.4 Å². The molecule has 8 nitrogen and oxygen atoms in total. The normalized spacial score (nSPS) is 18.6. The van der Waals surface area contributed by atoms with Gasteiger partial charge < -0.3 is 21.3 Å². The third-order valence-electron chi connectivity index (χ3n) is 4.84. The Bertz CT molecular complexity index is 1010. The molecule has 2 atom stereocenters. The van der Waals surface area contributed by atoms with Crippen LogP contribution < -0.4 is 11.1 Å². The minimum Gasteiger partial charge on any atom is -0.478 e. The number of amides is 1. The number of pyridine rings is 1. The number of nitrogens with zero attached hydrogens (tertiary/aromatic N) is 1. The summed E-state index contributed by atoms with van der Waals surface area (Å²) < 4.78 is 31.7. The SMILES string of the molecule is C[C@@H]1CCC[C@H](N)c2cc(ccn2)-c2cc(C(=O)O)ccc2NC1=O.O=C(O)C(F)(F)F. The number of nitrogens with one attached hydrogen (secondary N) is 1. The third-order valence-corrected chi connectivity index (χ3v) is 4.84. The van der Waals surface area contributed by atoms with Crippen LogP contribution in [0.2, 0.25) is 0 Å². The van der Waals surface area contributed by atoms with Gasteiger partial charge in [0.15, 0.2) is 0 Å². The first-order chi connectivity index (χ1) is 14.9. The van der Waals surface area contributed by atoms with Gasteiger partial charge in [-0.3, -0.25) is 9.78 Å². The molecular formula is C21H22F3N3O5. The number of carboxylic acids is 2. The number of aromatic carboxylic acids is 1. The van der Waals surface area contributed by atoms with Crippen LogP contribution in [0.3, 0.4) is 0 Å². The predicted molar refractivity (Wildman–Crippen MR) is 109 cm³/mol. The minimum atomic E-state index is -5.08. The van der Waals surface area contributed by atoms with E-state index in [1.807, 2.05) is 13.0 Å². The van der Waals surface area contributed by atoms with Gasteiger partial charge in [0.05, 0.1) is 11.3 Å². The second kappa shape index (κ2) is 10.2. The summed E-state index contributed by atoms with van der Waals surface area (Å²) in [5.41, 5.74) is 9.20. The second-order valence-corrected chi connectivity index (χ2v) is 7.27. The highest BCUT2D eigenvalue weighted by atomic mass is 19.4. The number of nitrogens with two attached hydrogens (primary N) is 1. The van der Waals surface area contributed by atoms with Crippen LogP contribution in [-0.4, -0.2) is 39.2 Å². The van der Waals surface area contributed by atoms with E-state index in [-0.39, 0.29) is 23.4 Å². The lowest BCUT2D eigenvalue weighted by Gasteiger charge is -2.19. The van der Waals surface area contributed by atoms with Crippen LogP contribution >= 0.6 is 0 Å². The van der Waals surface area contributed by atoms with Crippen LogP contribution in [0.25, 0.3) is 11.1 Å². The van der Waals surface area contributed by atoms with Crippen molar-refractivity contribution in [3.63, 3.8) is 0 Å². The molecule has 2 bridgehead atoms. The topological polar surface area (TPSA) is 143 Å². The molecule has 0 spiro atoms. The predicted octanol–water partition coefficient (Wildman–Crippen LogP) is 3.84. The van der Waals surface area contributed by atoms with E-state index in [1.54, 1.807) is 24.4 Å². The van der Waals surface area contributed by atoms with Crippen molar-refractivity contribution in [2.75, 3.05) is 5.32 Å². The maximum atomic E-state index is 12.4. The fourth-order valence-corrected chi connectivity index (χ4v) is 3.02. The molecular weight excluding hydrogens is 431 g/mol. The van der Waals surface area contributed by atoms with Gasteiger partial charge in [-0.15, -0.1) is 0 Å². The first-order valence-corrected chi connectivity index (χ1v) is 9.60. The molecule has 0 radical (unpaired) electrons. The Morgan fingerprint density at radius 2 is 1.81 bits per heavy atom. The zero-order valence-electron chi connectivity index (χ0n) is 17.0. The van der Waals surface area contributed by atoms with Crippen LogP contribution in [0.1, 0.15) is 48.3 Å². The molecule has 0 saturated carbocycles. The number of aromatic nitrogens is 1. The smallest absolute Gasteiger partial charge is 0.478 e. The van der Waals surface area contributed by atoms with Gasteiger partial charge >= 0.3 is 18.1 Å². The van der Waals surface area contributed by atoms with Gasteiger partial charge in [0.25, 0.3) is 0 Å². The molecule has 1 aromatic heterocycles. The first kappa shape index (κ1) is 24.8. The molecule has 5 N–H and O–H groups in total. The molecule has 0 fully saturated rings. The molecule has 0 unspecified atom stereocenters. The molecule has 1 aromatic carbocycles. The zero-order valence-corrected chi connectivity index (χ0v) is 17.0. The number of alkyl halides is 3. The highest BCUT2D eigenvalue weighted by molar-refractivity contribution is 5.99. The molecule has 0 aliphatic carbocycles. The van der Waals surface area contributed by atoms with Crippen LogP contribution in [0.5, 0.6) is 0 Å². The van der Waals surface area contributed by atoms with Crippen molar-refractivity contribution < 1.29 is 37.8 Å². The lowest BCUT2D eigenvalue weighted by atomic mass is 9.95. The van der Waals surface area contributed by atoms with Gasteiger partial charge in [-0.25, -0.2) is 9.59 Å². The second-order valence-electron chi connectivity index (χ2n) is 7.27. The maximum Gasteiger partial charge on any atom is 0.490 e. The van der Waals surface area contributed by atoms with Gasteiger partial charge in [-0.2, -0.15) is 13.2 Å². The molecule has 11 heteroatoms. The van der Waals surface area contributed by atoms with E-state index < -0.39 is 18.1 Å². The molecule has 2 heterocycles. The monoisotopic (exact) mass is 453 g/mol. The number of carbonyl (C=O) groups excluding carboxylic acids is 1. The van der Waals surface area contributed by atoms with Crippen molar-refractivity contribution >= 4 is 23.5 Å². The summed E-state index contributed by atoms with van der Waals surface area (Å²) in [6.07, 6.45) is -1.09. The van der Waals surface area contributed by atoms with E-state index in [0.717, 1.165) is 30.5 Å². The van der Waals surface area contributed by atoms with Crippen molar-refractivity contribution in [1.29, 1.82) is 0 Å². The first-order valence-electron chi connectivity index (χ1n) is 9.60. The number of fused-ring (bicyclic) bond motifs is 4. The van der Waals surface area contributed by atoms with Crippen molar-refractivity contribution in [1.82, 2.24) is 4.98 Å². The van der Waals surface area contributed by atoms with Gasteiger partial charge in [-0.1, -0.05) is 13.3 Å². The van der Waals surface area contributed by atoms with E-state index in [0.29, 0.717) is 11.3 Å². The lowest BCUT2D eigenvalue weighted by Crippen LogP contribution is -2.22. The Balaban J connectivity index is 0.000000451. The summed E-state index contributed by atoms with van der Waals surface area (Å²) in [7, 11) is 0. The summed E-state index contributed by atoms with van der Waals surface area (Å²) in [4.78, 5) is 37.0. The fourth-order valence-electron chi connectivity index (χ4n) is 3.02. The van der Waals surface area contributed by atoms with Gasteiger partial charge in [-0.05, 0) is 48.7 Å². The summed E-state index contributed by atoms with van der Waals surface area (Å²) in [5, 5.41) is 19.3. The summed E-state index contributed by atoms with van der Waals surface area (Å²) in [6, 6.07) is 8.15. The molecule has 2 aromatic rings. The maximum absolute atomic E-state index is 12.4. The van der Waals surface area contributed by atoms with Gasteiger partial charge in [0.2, 0.25) is 5.91 Å². The molecule has 3 rings (SSSR count). The van der Waals surface area contributed by atoms with Crippen LogP contribution in [0.4, 0.5) is 18.9 Å². The number of benzene rings is 1. The Kier molecular flexibility index (Phi) is 7.92. The Labute approximate surface area is 181 Å². The molecule has 1 aliphatic heterocycles. The molecule has 1 aliphatic rings.